The minimum atomic E-state index is 0. The highest BCUT2D eigenvalue weighted by Crippen LogP contribution is 2.19. The van der Waals surface area contributed by atoms with Crippen molar-refractivity contribution in [2.45, 2.75) is 0 Å². The molecule has 0 unspecified atom stereocenters. The number of thioether (sulfide) groups is 1. The van der Waals surface area contributed by atoms with Gasteiger partial charge in [0.2, 0.25) is 0 Å². The van der Waals surface area contributed by atoms with Gasteiger partial charge in [-0.25, -0.2) is 9.98 Å². The average molecular weight is 187 g/mol. The molecule has 0 aromatic heterocycles. The lowest BCUT2D eigenvalue weighted by Gasteiger charge is -1.88. The van der Waals surface area contributed by atoms with Gasteiger partial charge in [-0.2, -0.15) is 0 Å². The van der Waals surface area contributed by atoms with Crippen molar-refractivity contribution in [3.05, 3.63) is 24.0 Å². The number of rotatable bonds is 0. The van der Waals surface area contributed by atoms with Crippen LogP contribution in [0.1, 0.15) is 0 Å². The van der Waals surface area contributed by atoms with Gasteiger partial charge < -0.3 is 12.4 Å². The molecule has 4 heteroatoms. The molecular weight excluding hydrogens is 180 g/mol. The zero-order chi connectivity index (χ0) is 6.81. The third-order valence-corrected chi connectivity index (χ3v) is 2.32. The van der Waals surface area contributed by atoms with Crippen molar-refractivity contribution in [3.8, 4) is 0 Å². The highest BCUT2D eigenvalue weighted by molar-refractivity contribution is 8.15. The van der Waals surface area contributed by atoms with Gasteiger partial charge in [-0.3, -0.25) is 0 Å². The van der Waals surface area contributed by atoms with Crippen molar-refractivity contribution in [2.24, 2.45) is 4.99 Å². The molecule has 0 fully saturated rings. The Balaban J connectivity index is 0.000000605. The van der Waals surface area contributed by atoms with Crippen LogP contribution in [0.5, 0.6) is 0 Å². The number of fused-ring (bicyclic) bond motifs is 1. The Bertz CT molecular complexity index is 266. The van der Waals surface area contributed by atoms with Crippen LogP contribution < -0.4 is 17.4 Å². The molecule has 0 amide bonds. The van der Waals surface area contributed by atoms with E-state index < -0.39 is 0 Å². The van der Waals surface area contributed by atoms with Gasteiger partial charge in [0.15, 0.2) is 12.4 Å². The molecule has 1 N–H and O–H groups in total. The first-order valence-corrected chi connectivity index (χ1v) is 4.11. The van der Waals surface area contributed by atoms with Crippen LogP contribution in [0.3, 0.4) is 0 Å². The van der Waals surface area contributed by atoms with E-state index >= 15 is 0 Å². The van der Waals surface area contributed by atoms with Gasteiger partial charge >= 0.3 is 0 Å². The van der Waals surface area contributed by atoms with E-state index in [1.54, 1.807) is 18.0 Å². The molecule has 0 spiro atoms. The third-order valence-electron chi connectivity index (χ3n) is 1.37. The van der Waals surface area contributed by atoms with Gasteiger partial charge in [0.05, 0.1) is 11.8 Å². The minimum absolute atomic E-state index is 0. The van der Waals surface area contributed by atoms with E-state index in [4.69, 9.17) is 0 Å². The first-order valence-electron chi connectivity index (χ1n) is 3.12. The summed E-state index contributed by atoms with van der Waals surface area (Å²) in [4.78, 5) is 7.24. The quantitative estimate of drug-likeness (QED) is 0.422. The van der Waals surface area contributed by atoms with Crippen LogP contribution in [0.15, 0.2) is 29.0 Å². The monoisotopic (exact) mass is 186 g/mol. The predicted molar refractivity (Wildman–Crippen MR) is 44.1 cm³/mol. The molecule has 0 bridgehead atoms. The molecule has 11 heavy (non-hydrogen) atoms. The Morgan fingerprint density at radius 3 is 3.36 bits per heavy atom. The summed E-state index contributed by atoms with van der Waals surface area (Å²) in [5.41, 5.74) is 1.22. The summed E-state index contributed by atoms with van der Waals surface area (Å²) in [6.45, 7) is 0. The standard InChI is InChI=1S/C7H6N2S.ClH/c1-4-10-7-6(1)5-8-2-3-9-7;/h1-3,5H,4H2;1H. The fourth-order valence-corrected chi connectivity index (χ4v) is 1.76. The van der Waals surface area contributed by atoms with Gasteiger partial charge in [-0.1, -0.05) is 6.08 Å². The minimum Gasteiger partial charge on any atom is -1.00 e. The normalized spacial score (nSPS) is 19.6. The molecule has 0 aliphatic carbocycles. The fourth-order valence-electron chi connectivity index (χ4n) is 0.899. The summed E-state index contributed by atoms with van der Waals surface area (Å²) in [6, 6.07) is 0. The average Bonchev–Trinajstić information content (AvgIpc) is 2.28. The molecule has 2 heterocycles. The second-order valence-corrected chi connectivity index (χ2v) is 3.04. The van der Waals surface area contributed by atoms with Crippen molar-refractivity contribution >= 4 is 23.0 Å². The number of hydrogen-bond donors (Lipinski definition) is 1. The van der Waals surface area contributed by atoms with Crippen LogP contribution in [0.4, 0.5) is 0 Å². The maximum Gasteiger partial charge on any atom is 0.185 e. The number of hydrogen-bond acceptors (Lipinski definition) is 2. The molecule has 2 rings (SSSR count). The van der Waals surface area contributed by atoms with E-state index in [1.807, 2.05) is 12.4 Å². The van der Waals surface area contributed by atoms with Gasteiger partial charge in [0, 0.05) is 5.75 Å². The van der Waals surface area contributed by atoms with E-state index in [1.165, 1.54) is 5.57 Å². The van der Waals surface area contributed by atoms with Crippen LogP contribution in [0, 0.1) is 0 Å². The van der Waals surface area contributed by atoms with E-state index in [-0.39, 0.29) is 12.4 Å². The van der Waals surface area contributed by atoms with E-state index in [0.717, 1.165) is 10.8 Å². The number of halogens is 1. The maximum absolute atomic E-state index is 4.22. The molecule has 0 atom stereocenters. The molecule has 0 aromatic rings. The van der Waals surface area contributed by atoms with E-state index in [9.17, 15) is 0 Å². The van der Waals surface area contributed by atoms with Gasteiger partial charge in [-0.15, -0.1) is 11.8 Å². The van der Waals surface area contributed by atoms with Gasteiger partial charge in [-0.05, 0) is 0 Å². The SMILES string of the molecule is C1=C[NH+]=CC2=CCSC2=N1.[Cl-]. The smallest absolute Gasteiger partial charge is 0.185 e. The molecular formula is C7H7ClN2S. The maximum atomic E-state index is 4.22. The van der Waals surface area contributed by atoms with E-state index in [2.05, 4.69) is 16.1 Å². The summed E-state index contributed by atoms with van der Waals surface area (Å²) in [5.74, 6) is 1.06. The fraction of sp³-hybridized carbons (Fsp3) is 0.143. The second kappa shape index (κ2) is 3.74. The van der Waals surface area contributed by atoms with E-state index in [0.29, 0.717) is 0 Å². The van der Waals surface area contributed by atoms with Crippen LogP contribution in [0.2, 0.25) is 0 Å². The lowest BCUT2D eigenvalue weighted by Crippen LogP contribution is -3.00. The van der Waals surface area contributed by atoms with Crippen molar-refractivity contribution in [3.63, 3.8) is 0 Å². The van der Waals surface area contributed by atoms with Crippen molar-refractivity contribution in [1.82, 2.24) is 0 Å². The van der Waals surface area contributed by atoms with Crippen LogP contribution in [-0.4, -0.2) is 17.0 Å². The Morgan fingerprint density at radius 2 is 2.45 bits per heavy atom. The number of aliphatic imine (C=N–C) groups is 1. The van der Waals surface area contributed by atoms with Crippen molar-refractivity contribution < 1.29 is 17.4 Å². The molecule has 2 nitrogen and oxygen atoms in total. The molecule has 2 aliphatic heterocycles. The lowest BCUT2D eigenvalue weighted by molar-refractivity contribution is -0.365. The van der Waals surface area contributed by atoms with Crippen LogP contribution in [-0.2, 0) is 0 Å². The zero-order valence-corrected chi connectivity index (χ0v) is 7.32. The molecule has 0 saturated carbocycles. The zero-order valence-electron chi connectivity index (χ0n) is 5.75. The molecule has 0 saturated heterocycles. The predicted octanol–water partition coefficient (Wildman–Crippen LogP) is -3.30. The molecule has 2 aliphatic rings. The summed E-state index contributed by atoms with van der Waals surface area (Å²) in [7, 11) is 0. The number of nitrogens with zero attached hydrogens (tertiary/aromatic N) is 1. The summed E-state index contributed by atoms with van der Waals surface area (Å²) in [5, 5.41) is 1.13. The second-order valence-electron chi connectivity index (χ2n) is 2.03. The van der Waals surface area contributed by atoms with Crippen molar-refractivity contribution in [2.75, 3.05) is 5.75 Å². The third kappa shape index (κ3) is 1.73. The molecule has 0 radical (unpaired) electrons. The first kappa shape index (κ1) is 8.56. The molecule has 58 valence electrons. The van der Waals surface area contributed by atoms with Crippen LogP contribution in [0.25, 0.3) is 0 Å². The number of nitrogens with one attached hydrogen (secondary N) is 1. The highest BCUT2D eigenvalue weighted by atomic mass is 35.5. The lowest BCUT2D eigenvalue weighted by atomic mass is 10.3. The highest BCUT2D eigenvalue weighted by Gasteiger charge is 2.14. The summed E-state index contributed by atoms with van der Waals surface area (Å²) in [6.07, 6.45) is 7.75. The Hall–Kier alpha value is -0.540. The summed E-state index contributed by atoms with van der Waals surface area (Å²) >= 11 is 1.77. The van der Waals surface area contributed by atoms with Crippen LogP contribution >= 0.6 is 11.8 Å². The summed E-state index contributed by atoms with van der Waals surface area (Å²) < 4.78 is 0. The largest absolute Gasteiger partial charge is 1.00 e. The van der Waals surface area contributed by atoms with Gasteiger partial charge in [0.1, 0.15) is 5.04 Å². The topological polar surface area (TPSA) is 26.3 Å². The van der Waals surface area contributed by atoms with Gasteiger partial charge in [0.25, 0.3) is 0 Å². The Kier molecular flexibility index (Phi) is 2.91. The Morgan fingerprint density at radius 1 is 1.55 bits per heavy atom. The van der Waals surface area contributed by atoms with Crippen molar-refractivity contribution in [1.29, 1.82) is 0 Å². The Labute approximate surface area is 75.6 Å². The molecule has 0 aromatic carbocycles. The first-order chi connectivity index (χ1) is 4.97.